The summed E-state index contributed by atoms with van der Waals surface area (Å²) in [6, 6.07) is 9.68. The van der Waals surface area contributed by atoms with Gasteiger partial charge in [-0.1, -0.05) is 25.1 Å². The average Bonchev–Trinajstić information content (AvgIpc) is 2.46. The Labute approximate surface area is 114 Å². The van der Waals surface area contributed by atoms with E-state index in [-0.39, 0.29) is 5.91 Å². The van der Waals surface area contributed by atoms with Crippen LogP contribution in [0.2, 0.25) is 0 Å². The number of aryl methyl sites for hydroxylation is 1. The van der Waals surface area contributed by atoms with E-state index in [1.54, 1.807) is 12.0 Å². The Morgan fingerprint density at radius 3 is 2.74 bits per heavy atom. The molecule has 1 aromatic carbocycles. The molecule has 1 rings (SSSR count). The van der Waals surface area contributed by atoms with E-state index in [2.05, 4.69) is 6.07 Å². The lowest BCUT2D eigenvalue weighted by atomic mass is 10.0. The lowest BCUT2D eigenvalue weighted by Crippen LogP contribution is -2.35. The molecule has 19 heavy (non-hydrogen) atoms. The van der Waals surface area contributed by atoms with Crippen LogP contribution in [0.1, 0.15) is 29.3 Å². The van der Waals surface area contributed by atoms with Crippen LogP contribution in [0.5, 0.6) is 0 Å². The summed E-state index contributed by atoms with van der Waals surface area (Å²) in [4.78, 5) is 14.2. The van der Waals surface area contributed by atoms with Gasteiger partial charge in [-0.2, -0.15) is 5.26 Å². The number of carbonyl (C=O) groups excluding carboxylic acids is 1. The number of hydrogen-bond acceptors (Lipinski definition) is 3. The SMILES string of the molecule is CCc1ccccc1C(=O)N(CCC#N)CCOC. The van der Waals surface area contributed by atoms with Gasteiger partial charge in [0.1, 0.15) is 0 Å². The van der Waals surface area contributed by atoms with Crippen molar-refractivity contribution in [3.63, 3.8) is 0 Å². The van der Waals surface area contributed by atoms with Crippen LogP contribution in [0.3, 0.4) is 0 Å². The van der Waals surface area contributed by atoms with E-state index in [9.17, 15) is 4.79 Å². The molecule has 102 valence electrons. The number of ether oxygens (including phenoxy) is 1. The van der Waals surface area contributed by atoms with Gasteiger partial charge < -0.3 is 9.64 Å². The monoisotopic (exact) mass is 260 g/mol. The van der Waals surface area contributed by atoms with Gasteiger partial charge in [0, 0.05) is 25.8 Å². The number of nitriles is 1. The summed E-state index contributed by atoms with van der Waals surface area (Å²) in [6.45, 7) is 3.46. The molecular formula is C15H20N2O2. The van der Waals surface area contributed by atoms with Gasteiger partial charge in [-0.15, -0.1) is 0 Å². The lowest BCUT2D eigenvalue weighted by molar-refractivity contribution is 0.0699. The van der Waals surface area contributed by atoms with Crippen LogP contribution in [0.25, 0.3) is 0 Å². The minimum Gasteiger partial charge on any atom is -0.383 e. The fourth-order valence-electron chi connectivity index (χ4n) is 1.91. The number of amides is 1. The molecule has 0 bridgehead atoms. The third kappa shape index (κ3) is 4.38. The molecule has 0 spiro atoms. The zero-order valence-electron chi connectivity index (χ0n) is 11.6. The summed E-state index contributed by atoms with van der Waals surface area (Å²) in [7, 11) is 1.60. The average molecular weight is 260 g/mol. The highest BCUT2D eigenvalue weighted by Gasteiger charge is 2.17. The molecule has 0 aliphatic carbocycles. The third-order valence-corrected chi connectivity index (χ3v) is 2.97. The molecule has 1 amide bonds. The normalized spacial score (nSPS) is 9.95. The van der Waals surface area contributed by atoms with E-state index >= 15 is 0 Å². The molecule has 0 atom stereocenters. The van der Waals surface area contributed by atoms with Gasteiger partial charge in [0.05, 0.1) is 19.1 Å². The molecule has 1 aromatic rings. The van der Waals surface area contributed by atoms with E-state index in [0.29, 0.717) is 26.1 Å². The molecular weight excluding hydrogens is 240 g/mol. The molecule has 0 fully saturated rings. The maximum Gasteiger partial charge on any atom is 0.254 e. The van der Waals surface area contributed by atoms with Crippen LogP contribution in [0, 0.1) is 11.3 Å². The zero-order valence-corrected chi connectivity index (χ0v) is 11.6. The van der Waals surface area contributed by atoms with Gasteiger partial charge in [-0.3, -0.25) is 4.79 Å². The van der Waals surface area contributed by atoms with Crippen molar-refractivity contribution in [2.75, 3.05) is 26.8 Å². The molecule has 0 aliphatic heterocycles. The predicted octanol–water partition coefficient (Wildman–Crippen LogP) is 2.25. The quantitative estimate of drug-likeness (QED) is 0.755. The molecule has 0 unspecified atom stereocenters. The highest BCUT2D eigenvalue weighted by molar-refractivity contribution is 5.95. The largest absolute Gasteiger partial charge is 0.383 e. The first-order valence-corrected chi connectivity index (χ1v) is 6.47. The smallest absolute Gasteiger partial charge is 0.254 e. The van der Waals surface area contributed by atoms with Gasteiger partial charge >= 0.3 is 0 Å². The Bertz CT molecular complexity index is 452. The number of nitrogens with zero attached hydrogens (tertiary/aromatic N) is 2. The highest BCUT2D eigenvalue weighted by atomic mass is 16.5. The first-order valence-electron chi connectivity index (χ1n) is 6.47. The Morgan fingerprint density at radius 1 is 1.37 bits per heavy atom. The molecule has 4 heteroatoms. The molecule has 0 aliphatic rings. The van der Waals surface area contributed by atoms with Crippen LogP contribution in [-0.2, 0) is 11.2 Å². The van der Waals surface area contributed by atoms with Gasteiger partial charge in [0.15, 0.2) is 0 Å². The van der Waals surface area contributed by atoms with Crippen molar-refractivity contribution >= 4 is 5.91 Å². The molecule has 0 aromatic heterocycles. The topological polar surface area (TPSA) is 53.3 Å². The van der Waals surface area contributed by atoms with Crippen molar-refractivity contribution in [2.24, 2.45) is 0 Å². The minimum atomic E-state index is -0.0234. The van der Waals surface area contributed by atoms with Crippen molar-refractivity contribution in [1.29, 1.82) is 5.26 Å². The predicted molar refractivity (Wildman–Crippen MR) is 73.8 cm³/mol. The molecule has 0 saturated heterocycles. The number of hydrogen-bond donors (Lipinski definition) is 0. The first-order chi connectivity index (χ1) is 9.24. The van der Waals surface area contributed by atoms with Gasteiger partial charge in [-0.25, -0.2) is 0 Å². The summed E-state index contributed by atoms with van der Waals surface area (Å²) < 4.78 is 5.02. The van der Waals surface area contributed by atoms with Crippen LogP contribution in [0.4, 0.5) is 0 Å². The van der Waals surface area contributed by atoms with Crippen molar-refractivity contribution in [3.8, 4) is 6.07 Å². The maximum atomic E-state index is 12.5. The zero-order chi connectivity index (χ0) is 14.1. The molecule has 4 nitrogen and oxygen atoms in total. The van der Waals surface area contributed by atoms with Gasteiger partial charge in [0.25, 0.3) is 5.91 Å². The third-order valence-electron chi connectivity index (χ3n) is 2.97. The summed E-state index contributed by atoms with van der Waals surface area (Å²) >= 11 is 0. The second kappa shape index (κ2) is 8.28. The number of benzene rings is 1. The van der Waals surface area contributed by atoms with Crippen LogP contribution in [0.15, 0.2) is 24.3 Å². The van der Waals surface area contributed by atoms with Gasteiger partial charge in [0.2, 0.25) is 0 Å². The Hall–Kier alpha value is -1.86. The first kappa shape index (κ1) is 15.2. The summed E-state index contributed by atoms with van der Waals surface area (Å²) in [5.41, 5.74) is 1.76. The lowest BCUT2D eigenvalue weighted by Gasteiger charge is -2.22. The van der Waals surface area contributed by atoms with Crippen LogP contribution in [-0.4, -0.2) is 37.6 Å². The summed E-state index contributed by atoms with van der Waals surface area (Å²) in [5.74, 6) is -0.0234. The van der Waals surface area contributed by atoms with Crippen molar-refractivity contribution in [1.82, 2.24) is 4.90 Å². The van der Waals surface area contributed by atoms with Crippen LogP contribution >= 0.6 is 0 Å². The van der Waals surface area contributed by atoms with E-state index in [0.717, 1.165) is 17.5 Å². The fraction of sp³-hybridized carbons (Fsp3) is 0.467. The highest BCUT2D eigenvalue weighted by Crippen LogP contribution is 2.13. The van der Waals surface area contributed by atoms with E-state index < -0.39 is 0 Å². The standard InChI is InChI=1S/C15H20N2O2/c1-3-13-7-4-5-8-14(13)15(18)17(10-6-9-16)11-12-19-2/h4-5,7-8H,3,6,10-12H2,1-2H3. The Balaban J connectivity index is 2.88. The number of methoxy groups -OCH3 is 1. The molecule has 0 saturated carbocycles. The second-order valence-electron chi connectivity index (χ2n) is 4.20. The maximum absolute atomic E-state index is 12.5. The fourth-order valence-corrected chi connectivity index (χ4v) is 1.91. The molecule has 0 heterocycles. The van der Waals surface area contributed by atoms with Crippen molar-refractivity contribution in [2.45, 2.75) is 19.8 Å². The summed E-state index contributed by atoms with van der Waals surface area (Å²) in [5, 5.41) is 8.67. The van der Waals surface area contributed by atoms with Crippen molar-refractivity contribution < 1.29 is 9.53 Å². The number of carbonyl (C=O) groups is 1. The van der Waals surface area contributed by atoms with E-state index in [4.69, 9.17) is 10.00 Å². The van der Waals surface area contributed by atoms with Crippen LogP contribution < -0.4 is 0 Å². The molecule has 0 radical (unpaired) electrons. The van der Waals surface area contributed by atoms with E-state index in [1.807, 2.05) is 31.2 Å². The molecule has 0 N–H and O–H groups in total. The number of rotatable bonds is 7. The Kier molecular flexibility index (Phi) is 6.62. The van der Waals surface area contributed by atoms with Crippen molar-refractivity contribution in [3.05, 3.63) is 35.4 Å². The minimum absolute atomic E-state index is 0.0234. The van der Waals surface area contributed by atoms with Gasteiger partial charge in [-0.05, 0) is 18.1 Å². The van der Waals surface area contributed by atoms with E-state index in [1.165, 1.54) is 0 Å². The Morgan fingerprint density at radius 2 is 2.11 bits per heavy atom. The summed E-state index contributed by atoms with van der Waals surface area (Å²) in [6.07, 6.45) is 1.15. The second-order valence-corrected chi connectivity index (χ2v) is 4.20.